The first kappa shape index (κ1) is 13.7. The third-order valence-corrected chi connectivity index (χ3v) is 4.04. The molecule has 0 aliphatic heterocycles. The number of anilines is 1. The summed E-state index contributed by atoms with van der Waals surface area (Å²) < 4.78 is 7.78. The number of nitrogens with two attached hydrogens (primary N) is 1. The van der Waals surface area contributed by atoms with E-state index >= 15 is 0 Å². The van der Waals surface area contributed by atoms with E-state index in [9.17, 15) is 0 Å². The predicted octanol–water partition coefficient (Wildman–Crippen LogP) is 3.55. The maximum atomic E-state index is 6.15. The van der Waals surface area contributed by atoms with Gasteiger partial charge in [0, 0.05) is 5.54 Å². The summed E-state index contributed by atoms with van der Waals surface area (Å²) in [5, 5.41) is 0. The summed E-state index contributed by atoms with van der Waals surface area (Å²) in [6.45, 7) is 9.19. The number of para-hydroxylation sites is 1. The SMILES string of the molecule is CCOc1cccc2c1nc(N)n2C(C)(CC)CC. The van der Waals surface area contributed by atoms with Crippen LogP contribution < -0.4 is 10.5 Å². The molecule has 0 amide bonds. The van der Waals surface area contributed by atoms with Crippen molar-refractivity contribution in [2.75, 3.05) is 12.3 Å². The van der Waals surface area contributed by atoms with Crippen LogP contribution in [0.1, 0.15) is 40.5 Å². The molecule has 0 fully saturated rings. The normalized spacial score (nSPS) is 12.0. The zero-order valence-corrected chi connectivity index (χ0v) is 12.2. The van der Waals surface area contributed by atoms with Gasteiger partial charge in [0.1, 0.15) is 11.3 Å². The van der Waals surface area contributed by atoms with E-state index in [2.05, 4.69) is 36.4 Å². The third kappa shape index (κ3) is 2.15. The minimum atomic E-state index is -0.0102. The highest BCUT2D eigenvalue weighted by Crippen LogP contribution is 2.35. The minimum Gasteiger partial charge on any atom is -0.492 e. The van der Waals surface area contributed by atoms with Crippen LogP contribution in [0.4, 0.5) is 5.95 Å². The van der Waals surface area contributed by atoms with Crippen LogP contribution in [0.25, 0.3) is 11.0 Å². The standard InChI is InChI=1S/C15H23N3O/c1-5-15(4,6-2)18-11-9-8-10-12(19-7-3)13(11)17-14(18)16/h8-10H,5-7H2,1-4H3,(H2,16,17). The molecule has 0 atom stereocenters. The van der Waals surface area contributed by atoms with E-state index < -0.39 is 0 Å². The van der Waals surface area contributed by atoms with Gasteiger partial charge in [0.15, 0.2) is 0 Å². The first-order valence-corrected chi connectivity index (χ1v) is 6.97. The zero-order chi connectivity index (χ0) is 14.0. The minimum absolute atomic E-state index is 0.0102. The lowest BCUT2D eigenvalue weighted by Gasteiger charge is -2.30. The zero-order valence-electron chi connectivity index (χ0n) is 12.2. The first-order chi connectivity index (χ1) is 9.07. The second-order valence-corrected chi connectivity index (χ2v) is 5.07. The van der Waals surface area contributed by atoms with Crippen LogP contribution in [-0.2, 0) is 5.54 Å². The molecular weight excluding hydrogens is 238 g/mol. The van der Waals surface area contributed by atoms with Gasteiger partial charge >= 0.3 is 0 Å². The summed E-state index contributed by atoms with van der Waals surface area (Å²) in [4.78, 5) is 4.51. The smallest absolute Gasteiger partial charge is 0.201 e. The highest BCUT2D eigenvalue weighted by molar-refractivity contribution is 5.84. The van der Waals surface area contributed by atoms with Gasteiger partial charge in [-0.25, -0.2) is 4.98 Å². The molecule has 0 radical (unpaired) electrons. The molecule has 19 heavy (non-hydrogen) atoms. The van der Waals surface area contributed by atoms with Crippen LogP contribution in [0.3, 0.4) is 0 Å². The van der Waals surface area contributed by atoms with Crippen LogP contribution in [0.15, 0.2) is 18.2 Å². The van der Waals surface area contributed by atoms with Gasteiger partial charge < -0.3 is 15.0 Å². The van der Waals surface area contributed by atoms with E-state index in [1.807, 2.05) is 19.1 Å². The molecule has 1 aromatic heterocycles. The summed E-state index contributed by atoms with van der Waals surface area (Å²) in [7, 11) is 0. The van der Waals surface area contributed by atoms with Gasteiger partial charge in [-0.15, -0.1) is 0 Å². The maximum Gasteiger partial charge on any atom is 0.201 e. The molecule has 0 saturated heterocycles. The lowest BCUT2D eigenvalue weighted by Crippen LogP contribution is -2.29. The Hall–Kier alpha value is -1.71. The van der Waals surface area contributed by atoms with Crippen molar-refractivity contribution in [2.24, 2.45) is 0 Å². The molecule has 1 aromatic carbocycles. The number of hydrogen-bond acceptors (Lipinski definition) is 3. The van der Waals surface area contributed by atoms with Crippen molar-refractivity contribution in [3.05, 3.63) is 18.2 Å². The molecule has 0 unspecified atom stereocenters. The summed E-state index contributed by atoms with van der Waals surface area (Å²) in [6.07, 6.45) is 2.02. The van der Waals surface area contributed by atoms with Crippen molar-refractivity contribution < 1.29 is 4.74 Å². The highest BCUT2D eigenvalue weighted by Gasteiger charge is 2.27. The number of ether oxygens (including phenoxy) is 1. The Bertz CT molecular complexity index is 570. The van der Waals surface area contributed by atoms with Crippen molar-refractivity contribution in [2.45, 2.75) is 46.1 Å². The quantitative estimate of drug-likeness (QED) is 0.895. The number of rotatable bonds is 5. The number of aromatic nitrogens is 2. The van der Waals surface area contributed by atoms with Crippen LogP contribution in [0, 0.1) is 0 Å². The summed E-state index contributed by atoms with van der Waals surface area (Å²) >= 11 is 0. The van der Waals surface area contributed by atoms with E-state index in [1.54, 1.807) is 0 Å². The molecule has 4 heteroatoms. The highest BCUT2D eigenvalue weighted by atomic mass is 16.5. The van der Waals surface area contributed by atoms with Crippen LogP contribution in [0.5, 0.6) is 5.75 Å². The fourth-order valence-electron chi connectivity index (χ4n) is 2.50. The topological polar surface area (TPSA) is 53.1 Å². The van der Waals surface area contributed by atoms with Gasteiger partial charge in [0.25, 0.3) is 0 Å². The van der Waals surface area contributed by atoms with Crippen molar-refractivity contribution in [3.63, 3.8) is 0 Å². The monoisotopic (exact) mass is 261 g/mol. The van der Waals surface area contributed by atoms with Gasteiger partial charge in [-0.2, -0.15) is 0 Å². The number of imidazole rings is 1. The van der Waals surface area contributed by atoms with Gasteiger partial charge in [-0.1, -0.05) is 19.9 Å². The van der Waals surface area contributed by atoms with Gasteiger partial charge in [0.2, 0.25) is 5.95 Å². The molecule has 0 aliphatic rings. The molecule has 0 saturated carbocycles. The average Bonchev–Trinajstić information content (AvgIpc) is 2.76. The maximum absolute atomic E-state index is 6.15. The van der Waals surface area contributed by atoms with Crippen molar-refractivity contribution >= 4 is 17.0 Å². The Morgan fingerprint density at radius 2 is 1.95 bits per heavy atom. The van der Waals surface area contributed by atoms with Gasteiger partial charge in [0.05, 0.1) is 12.1 Å². The molecule has 1 heterocycles. The van der Waals surface area contributed by atoms with Crippen LogP contribution >= 0.6 is 0 Å². The Kier molecular flexibility index (Phi) is 3.69. The second-order valence-electron chi connectivity index (χ2n) is 5.07. The predicted molar refractivity (Wildman–Crippen MR) is 79.5 cm³/mol. The Morgan fingerprint density at radius 3 is 2.53 bits per heavy atom. The second kappa shape index (κ2) is 5.11. The Labute approximate surface area is 114 Å². The number of nitrogens with zero attached hydrogens (tertiary/aromatic N) is 2. The van der Waals surface area contributed by atoms with Crippen molar-refractivity contribution in [1.29, 1.82) is 0 Å². The number of fused-ring (bicyclic) bond motifs is 1. The van der Waals surface area contributed by atoms with E-state index in [0.717, 1.165) is 29.6 Å². The Morgan fingerprint density at radius 1 is 1.26 bits per heavy atom. The molecule has 0 spiro atoms. The van der Waals surface area contributed by atoms with Crippen molar-refractivity contribution in [1.82, 2.24) is 9.55 Å². The number of hydrogen-bond donors (Lipinski definition) is 1. The van der Waals surface area contributed by atoms with E-state index in [0.29, 0.717) is 12.6 Å². The number of nitrogen functional groups attached to an aromatic ring is 1. The molecule has 0 aliphatic carbocycles. The third-order valence-electron chi connectivity index (χ3n) is 4.04. The van der Waals surface area contributed by atoms with E-state index in [4.69, 9.17) is 10.5 Å². The molecular formula is C15H23N3O. The molecule has 2 aromatic rings. The lowest BCUT2D eigenvalue weighted by atomic mass is 9.95. The first-order valence-electron chi connectivity index (χ1n) is 6.97. The summed E-state index contributed by atoms with van der Waals surface area (Å²) in [5.41, 5.74) is 8.05. The van der Waals surface area contributed by atoms with E-state index in [-0.39, 0.29) is 5.54 Å². The molecule has 2 N–H and O–H groups in total. The van der Waals surface area contributed by atoms with E-state index in [1.165, 1.54) is 0 Å². The van der Waals surface area contributed by atoms with Crippen LogP contribution in [-0.4, -0.2) is 16.2 Å². The van der Waals surface area contributed by atoms with Crippen molar-refractivity contribution in [3.8, 4) is 5.75 Å². The summed E-state index contributed by atoms with van der Waals surface area (Å²) in [5.74, 6) is 1.37. The van der Waals surface area contributed by atoms with Crippen LogP contribution in [0.2, 0.25) is 0 Å². The number of benzene rings is 1. The Balaban J connectivity index is 2.69. The average molecular weight is 261 g/mol. The molecule has 4 nitrogen and oxygen atoms in total. The molecule has 2 rings (SSSR count). The largest absolute Gasteiger partial charge is 0.492 e. The molecule has 104 valence electrons. The van der Waals surface area contributed by atoms with Gasteiger partial charge in [-0.3, -0.25) is 0 Å². The fraction of sp³-hybridized carbons (Fsp3) is 0.533. The lowest BCUT2D eigenvalue weighted by molar-refractivity contribution is 0.307. The molecule has 0 bridgehead atoms. The van der Waals surface area contributed by atoms with Gasteiger partial charge in [-0.05, 0) is 38.8 Å². The summed E-state index contributed by atoms with van der Waals surface area (Å²) in [6, 6.07) is 6.00. The fourth-order valence-corrected chi connectivity index (χ4v) is 2.50.